The van der Waals surface area contributed by atoms with Gasteiger partial charge in [0.2, 0.25) is 0 Å². The fraction of sp³-hybridized carbons (Fsp3) is 0.333. The van der Waals surface area contributed by atoms with E-state index in [1.54, 1.807) is 12.5 Å². The van der Waals surface area contributed by atoms with Crippen molar-refractivity contribution in [3.8, 4) is 0 Å². The maximum atomic E-state index is 5.97. The van der Waals surface area contributed by atoms with Gasteiger partial charge >= 0.3 is 0 Å². The highest BCUT2D eigenvalue weighted by Gasteiger charge is 2.36. The molecule has 2 aliphatic rings. The van der Waals surface area contributed by atoms with E-state index in [0.29, 0.717) is 0 Å². The number of ether oxygens (including phenoxy) is 1. The second-order valence-corrected chi connectivity index (χ2v) is 4.23. The Hall–Kier alpha value is -1.48. The fourth-order valence-corrected chi connectivity index (χ4v) is 2.62. The van der Waals surface area contributed by atoms with Crippen LogP contribution in [0.4, 0.5) is 0 Å². The first-order valence-electron chi connectivity index (χ1n) is 5.17. The van der Waals surface area contributed by atoms with Crippen LogP contribution in [0.25, 0.3) is 0 Å². The Morgan fingerprint density at radius 3 is 1.87 bits per heavy atom. The topological polar surface area (TPSA) is 35.5 Å². The normalized spacial score (nSPS) is 27.2. The molecule has 2 aromatic heterocycles. The Morgan fingerprint density at radius 1 is 0.800 bits per heavy atom. The number of fused-ring (bicyclic) bond motifs is 6. The van der Waals surface area contributed by atoms with E-state index in [-0.39, 0.29) is 12.2 Å². The van der Waals surface area contributed by atoms with E-state index in [4.69, 9.17) is 13.6 Å². The predicted molar refractivity (Wildman–Crippen MR) is 51.4 cm³/mol. The maximum absolute atomic E-state index is 5.97. The highest BCUT2D eigenvalue weighted by Crippen LogP contribution is 2.45. The molecule has 0 saturated carbocycles. The first kappa shape index (κ1) is 7.77. The fourth-order valence-electron chi connectivity index (χ4n) is 2.62. The van der Waals surface area contributed by atoms with E-state index in [9.17, 15) is 0 Å². The van der Waals surface area contributed by atoms with Crippen molar-refractivity contribution in [3.05, 3.63) is 47.3 Å². The highest BCUT2D eigenvalue weighted by molar-refractivity contribution is 5.37. The summed E-state index contributed by atoms with van der Waals surface area (Å²) in [7, 11) is 0. The smallest absolute Gasteiger partial charge is 0.0963 e. The third kappa shape index (κ3) is 0.934. The molecule has 0 radical (unpaired) electrons. The zero-order valence-electron chi connectivity index (χ0n) is 8.10. The Kier molecular flexibility index (Phi) is 1.32. The molecule has 3 heteroatoms. The van der Waals surface area contributed by atoms with E-state index in [2.05, 4.69) is 0 Å². The van der Waals surface area contributed by atoms with Crippen molar-refractivity contribution in [1.29, 1.82) is 0 Å². The van der Waals surface area contributed by atoms with Crippen LogP contribution in [0.5, 0.6) is 0 Å². The first-order valence-corrected chi connectivity index (χ1v) is 5.17. The van der Waals surface area contributed by atoms with Gasteiger partial charge in [0.15, 0.2) is 0 Å². The van der Waals surface area contributed by atoms with Crippen LogP contribution >= 0.6 is 0 Å². The maximum Gasteiger partial charge on any atom is 0.0963 e. The molecule has 2 atom stereocenters. The molecule has 0 saturated heterocycles. The lowest BCUT2D eigenvalue weighted by atomic mass is 9.86. The molecule has 2 bridgehead atoms. The van der Waals surface area contributed by atoms with Crippen LogP contribution in [0.15, 0.2) is 33.9 Å². The number of hydrogen-bond acceptors (Lipinski definition) is 3. The zero-order valence-corrected chi connectivity index (χ0v) is 8.10. The van der Waals surface area contributed by atoms with Crippen molar-refractivity contribution < 1.29 is 13.6 Å². The number of hydrogen-bond donors (Lipinski definition) is 0. The van der Waals surface area contributed by atoms with Crippen LogP contribution in [0.1, 0.15) is 34.5 Å². The molecule has 4 rings (SSSR count). The van der Waals surface area contributed by atoms with Gasteiger partial charge in [0.05, 0.1) is 37.3 Å². The minimum absolute atomic E-state index is 0.155. The highest BCUT2D eigenvalue weighted by atomic mass is 16.5. The molecule has 4 heterocycles. The van der Waals surface area contributed by atoms with Crippen molar-refractivity contribution in [2.75, 3.05) is 0 Å². The average Bonchev–Trinajstić information content (AvgIpc) is 2.84. The number of rotatable bonds is 0. The van der Waals surface area contributed by atoms with E-state index in [1.807, 2.05) is 12.5 Å². The summed E-state index contributed by atoms with van der Waals surface area (Å²) >= 11 is 0. The molecule has 2 aromatic rings. The van der Waals surface area contributed by atoms with Crippen LogP contribution in [0, 0.1) is 0 Å². The lowest BCUT2D eigenvalue weighted by Gasteiger charge is -2.34. The third-order valence-corrected chi connectivity index (χ3v) is 3.39. The molecule has 0 amide bonds. The molecule has 0 aromatic carbocycles. The molecule has 2 aliphatic heterocycles. The van der Waals surface area contributed by atoms with Crippen LogP contribution in [0.2, 0.25) is 0 Å². The van der Waals surface area contributed by atoms with Crippen LogP contribution in [-0.4, -0.2) is 0 Å². The van der Waals surface area contributed by atoms with E-state index >= 15 is 0 Å². The minimum Gasteiger partial charge on any atom is -0.472 e. The molecule has 0 spiro atoms. The van der Waals surface area contributed by atoms with Gasteiger partial charge in [-0.1, -0.05) is 0 Å². The zero-order chi connectivity index (χ0) is 9.83. The molecule has 0 fully saturated rings. The Labute approximate surface area is 86.6 Å². The van der Waals surface area contributed by atoms with Crippen molar-refractivity contribution in [1.82, 2.24) is 0 Å². The molecule has 15 heavy (non-hydrogen) atoms. The van der Waals surface area contributed by atoms with Gasteiger partial charge in [-0.25, -0.2) is 0 Å². The van der Waals surface area contributed by atoms with Crippen molar-refractivity contribution in [2.24, 2.45) is 0 Å². The largest absolute Gasteiger partial charge is 0.472 e. The van der Waals surface area contributed by atoms with E-state index < -0.39 is 0 Å². The molecular weight excluding hydrogens is 192 g/mol. The summed E-state index contributed by atoms with van der Waals surface area (Å²) in [6.45, 7) is 0. The Bertz CT molecular complexity index is 462. The molecule has 3 nitrogen and oxygen atoms in total. The summed E-state index contributed by atoms with van der Waals surface area (Å²) in [5.74, 6) is 0. The molecule has 2 unspecified atom stereocenters. The van der Waals surface area contributed by atoms with Crippen LogP contribution < -0.4 is 0 Å². The average molecular weight is 202 g/mol. The molecular formula is C12H10O3. The monoisotopic (exact) mass is 202 g/mol. The van der Waals surface area contributed by atoms with Gasteiger partial charge in [-0.05, 0) is 11.1 Å². The molecule has 0 N–H and O–H groups in total. The molecule has 0 aliphatic carbocycles. The summed E-state index contributed by atoms with van der Waals surface area (Å²) in [4.78, 5) is 0. The minimum atomic E-state index is 0.155. The van der Waals surface area contributed by atoms with Crippen LogP contribution in [-0.2, 0) is 17.6 Å². The van der Waals surface area contributed by atoms with E-state index in [1.165, 1.54) is 22.3 Å². The van der Waals surface area contributed by atoms with E-state index in [0.717, 1.165) is 12.8 Å². The summed E-state index contributed by atoms with van der Waals surface area (Å²) in [5, 5.41) is 0. The van der Waals surface area contributed by atoms with Gasteiger partial charge in [0, 0.05) is 24.0 Å². The number of furan rings is 2. The summed E-state index contributed by atoms with van der Waals surface area (Å²) < 4.78 is 16.5. The lowest BCUT2D eigenvalue weighted by Crippen LogP contribution is -2.25. The van der Waals surface area contributed by atoms with Gasteiger partial charge in [-0.3, -0.25) is 0 Å². The van der Waals surface area contributed by atoms with Crippen molar-refractivity contribution in [3.63, 3.8) is 0 Å². The summed E-state index contributed by atoms with van der Waals surface area (Å²) in [6.07, 6.45) is 9.39. The quantitative estimate of drug-likeness (QED) is 0.659. The Balaban J connectivity index is 1.88. The summed E-state index contributed by atoms with van der Waals surface area (Å²) in [5.41, 5.74) is 4.97. The van der Waals surface area contributed by atoms with Gasteiger partial charge in [-0.2, -0.15) is 0 Å². The standard InChI is InChI=1S/C12H10O3/c1-7-3-13-5-9(7)12-2-8-4-14-6-10(8)11(1)15-12/h3-6,11-12H,1-2H2. The second kappa shape index (κ2) is 2.55. The Morgan fingerprint density at radius 2 is 1.33 bits per heavy atom. The van der Waals surface area contributed by atoms with Gasteiger partial charge in [0.1, 0.15) is 0 Å². The van der Waals surface area contributed by atoms with Crippen molar-refractivity contribution in [2.45, 2.75) is 25.0 Å². The lowest BCUT2D eigenvalue weighted by molar-refractivity contribution is -0.0385. The third-order valence-electron chi connectivity index (χ3n) is 3.39. The van der Waals surface area contributed by atoms with Crippen molar-refractivity contribution >= 4 is 0 Å². The SMILES string of the molecule is c1occ2c1CC1OC2Cc2cocc21. The predicted octanol–water partition coefficient (Wildman–Crippen LogP) is 2.78. The summed E-state index contributed by atoms with van der Waals surface area (Å²) in [6, 6.07) is 0. The van der Waals surface area contributed by atoms with Gasteiger partial charge < -0.3 is 13.6 Å². The second-order valence-electron chi connectivity index (χ2n) is 4.23. The van der Waals surface area contributed by atoms with Crippen LogP contribution in [0.3, 0.4) is 0 Å². The van der Waals surface area contributed by atoms with Gasteiger partial charge in [0.25, 0.3) is 0 Å². The van der Waals surface area contributed by atoms with Gasteiger partial charge in [-0.15, -0.1) is 0 Å². The molecule has 76 valence electrons. The first-order chi connectivity index (χ1) is 7.42.